The summed E-state index contributed by atoms with van der Waals surface area (Å²) in [5.41, 5.74) is 2.30. The van der Waals surface area contributed by atoms with Crippen LogP contribution in [-0.4, -0.2) is 113 Å². The maximum Gasteiger partial charge on any atom is 0.246 e. The van der Waals surface area contributed by atoms with Crippen molar-refractivity contribution in [2.45, 2.75) is 25.3 Å². The quantitative estimate of drug-likeness (QED) is 0.158. The van der Waals surface area contributed by atoms with E-state index in [1.807, 2.05) is 7.85 Å². The van der Waals surface area contributed by atoms with Gasteiger partial charge in [-0.2, -0.15) is 0 Å². The lowest BCUT2D eigenvalue weighted by molar-refractivity contribution is -0.117. The smallest absolute Gasteiger partial charge is 0.246 e. The molecule has 2 heterocycles. The normalized spacial score (nSPS) is 14.9. The number of hydrogen-bond acceptors (Lipinski definition) is 9. The molecule has 32 heavy (non-hydrogen) atoms. The number of rotatable bonds is 16. The molecule has 0 spiro atoms. The molecular formula is C19H34BN5O6S. The van der Waals surface area contributed by atoms with E-state index in [9.17, 15) is 13.2 Å². The molecule has 1 aliphatic heterocycles. The van der Waals surface area contributed by atoms with Crippen molar-refractivity contribution in [3.8, 4) is 0 Å². The molecule has 0 unspecified atom stereocenters. The third kappa shape index (κ3) is 8.98. The van der Waals surface area contributed by atoms with E-state index in [1.165, 1.54) is 6.26 Å². The summed E-state index contributed by atoms with van der Waals surface area (Å²) in [4.78, 5) is 13.3. The summed E-state index contributed by atoms with van der Waals surface area (Å²) < 4.78 is 41.2. The second-order valence-electron chi connectivity index (χ2n) is 7.86. The number of amides is 1. The molecule has 0 bridgehead atoms. The van der Waals surface area contributed by atoms with Crippen molar-refractivity contribution in [3.63, 3.8) is 0 Å². The lowest BCUT2D eigenvalue weighted by Gasteiger charge is -2.37. The van der Waals surface area contributed by atoms with Crippen LogP contribution in [0.25, 0.3) is 0 Å². The third-order valence-corrected chi connectivity index (χ3v) is 6.60. The molecule has 0 radical (unpaired) electrons. The van der Waals surface area contributed by atoms with E-state index in [4.69, 9.17) is 14.2 Å². The number of sulfone groups is 1. The number of nitrogens with zero attached hydrogens (tertiary/aromatic N) is 4. The summed E-state index contributed by atoms with van der Waals surface area (Å²) in [6, 6.07) is 0. The van der Waals surface area contributed by atoms with Crippen LogP contribution < -0.4 is 10.9 Å². The van der Waals surface area contributed by atoms with Gasteiger partial charge in [0.15, 0.2) is 17.7 Å². The first-order chi connectivity index (χ1) is 15.2. The van der Waals surface area contributed by atoms with Gasteiger partial charge in [-0.3, -0.25) is 14.4 Å². The van der Waals surface area contributed by atoms with Gasteiger partial charge in [-0.25, -0.2) is 8.42 Å². The highest BCUT2D eigenvalue weighted by Gasteiger charge is 2.34. The first-order valence-corrected chi connectivity index (χ1v) is 12.6. The number of aromatic nitrogens is 3. The molecule has 0 saturated carbocycles. The fourth-order valence-corrected chi connectivity index (χ4v) is 3.93. The van der Waals surface area contributed by atoms with Gasteiger partial charge in [-0.1, -0.05) is 11.8 Å². The van der Waals surface area contributed by atoms with Crippen LogP contribution in [0.1, 0.15) is 12.6 Å². The molecule has 11 nitrogen and oxygen atoms in total. The summed E-state index contributed by atoms with van der Waals surface area (Å²) in [6.45, 7) is 10.7. The van der Waals surface area contributed by atoms with Gasteiger partial charge in [0.25, 0.3) is 0 Å². The third-order valence-electron chi connectivity index (χ3n) is 5.09. The molecule has 13 heteroatoms. The van der Waals surface area contributed by atoms with Crippen molar-refractivity contribution < 1.29 is 27.4 Å². The maximum atomic E-state index is 11.5. The summed E-state index contributed by atoms with van der Waals surface area (Å²) >= 11 is 0. The van der Waals surface area contributed by atoms with Gasteiger partial charge in [0.2, 0.25) is 5.91 Å². The number of hydrogen-bond donors (Lipinski definition) is 1. The monoisotopic (exact) mass is 471 g/mol. The summed E-state index contributed by atoms with van der Waals surface area (Å²) in [5, 5.41) is 10.8. The molecular weight excluding hydrogens is 437 g/mol. The summed E-state index contributed by atoms with van der Waals surface area (Å²) in [5.74, 6) is -0.168. The Balaban J connectivity index is 1.46. The lowest BCUT2D eigenvalue weighted by atomic mass is 10.0. The van der Waals surface area contributed by atoms with Crippen LogP contribution in [0.4, 0.5) is 0 Å². The van der Waals surface area contributed by atoms with Gasteiger partial charge in [0.05, 0.1) is 57.1 Å². The lowest BCUT2D eigenvalue weighted by Crippen LogP contribution is -2.54. The Morgan fingerprint density at radius 1 is 1.16 bits per heavy atom. The number of ether oxygens (including phenoxy) is 3. The Labute approximate surface area is 190 Å². The van der Waals surface area contributed by atoms with E-state index in [0.717, 1.165) is 11.3 Å². The van der Waals surface area contributed by atoms with Crippen molar-refractivity contribution in [1.29, 1.82) is 0 Å². The molecule has 1 aromatic rings. The minimum absolute atomic E-state index is 0.168. The number of likely N-dealkylation sites (tertiary alicyclic amines) is 1. The van der Waals surface area contributed by atoms with E-state index in [0.29, 0.717) is 77.9 Å². The molecule has 1 aromatic heterocycles. The largest absolute Gasteiger partial charge is 0.377 e. The Morgan fingerprint density at radius 3 is 2.34 bits per heavy atom. The van der Waals surface area contributed by atoms with E-state index < -0.39 is 9.84 Å². The van der Waals surface area contributed by atoms with Gasteiger partial charge in [-0.15, -0.1) is 5.10 Å². The van der Waals surface area contributed by atoms with Crippen molar-refractivity contribution in [2.75, 3.05) is 65.5 Å². The Kier molecular flexibility index (Phi) is 10.8. The van der Waals surface area contributed by atoms with Crippen molar-refractivity contribution >= 4 is 29.2 Å². The first-order valence-electron chi connectivity index (χ1n) is 10.7. The minimum Gasteiger partial charge on any atom is -0.377 e. The molecule has 0 aromatic carbocycles. The van der Waals surface area contributed by atoms with Crippen LogP contribution >= 0.6 is 0 Å². The fraction of sp³-hybridized carbons (Fsp3) is 0.737. The van der Waals surface area contributed by atoms with E-state index in [1.54, 1.807) is 11.6 Å². The maximum absolute atomic E-state index is 11.5. The topological polar surface area (TPSA) is 125 Å². The molecule has 0 atom stereocenters. The standard InChI is InChI=1S/C19H34BN5O6S/c1-15(2)19(26)21-4-6-29-8-10-31-11-9-30-7-5-25-18(20)17(22-23-25)14-24-12-16(13-24)32(3,27)28/h16H,1,4-14,20H2,2-3H3,(H,21,26). The van der Waals surface area contributed by atoms with Crippen molar-refractivity contribution in [2.24, 2.45) is 0 Å². The molecule has 1 saturated heterocycles. The van der Waals surface area contributed by atoms with Crippen molar-refractivity contribution in [1.82, 2.24) is 25.2 Å². The van der Waals surface area contributed by atoms with Gasteiger partial charge in [0, 0.05) is 43.6 Å². The van der Waals surface area contributed by atoms with Crippen LogP contribution in [-0.2, 0) is 41.9 Å². The van der Waals surface area contributed by atoms with E-state index >= 15 is 0 Å². The number of nitrogens with one attached hydrogen (secondary N) is 1. The molecule has 1 N–H and O–H groups in total. The predicted molar refractivity (Wildman–Crippen MR) is 122 cm³/mol. The number of carbonyl (C=O) groups excluding carboxylic acids is 1. The second-order valence-corrected chi connectivity index (χ2v) is 10.2. The van der Waals surface area contributed by atoms with Crippen molar-refractivity contribution in [3.05, 3.63) is 17.8 Å². The summed E-state index contributed by atoms with van der Waals surface area (Å²) in [6.07, 6.45) is 1.28. The Hall–Kier alpha value is -1.80. The predicted octanol–water partition coefficient (Wildman–Crippen LogP) is -2.49. The van der Waals surface area contributed by atoms with Crippen LogP contribution in [0.15, 0.2) is 12.2 Å². The van der Waals surface area contributed by atoms with Gasteiger partial charge in [-0.05, 0) is 6.92 Å². The summed E-state index contributed by atoms with van der Waals surface area (Å²) in [7, 11) is -1.01. The molecule has 1 amide bonds. The molecule has 180 valence electrons. The zero-order valence-corrected chi connectivity index (χ0v) is 20.0. The Morgan fingerprint density at radius 2 is 1.75 bits per heavy atom. The average molecular weight is 471 g/mol. The van der Waals surface area contributed by atoms with E-state index in [2.05, 4.69) is 27.1 Å². The molecule has 1 fully saturated rings. The zero-order chi connectivity index (χ0) is 23.6. The van der Waals surface area contributed by atoms with Crippen LogP contribution in [0.3, 0.4) is 0 Å². The highest BCUT2D eigenvalue weighted by atomic mass is 32.2. The molecule has 1 aliphatic rings. The Bertz CT molecular complexity index is 856. The van der Waals surface area contributed by atoms with Gasteiger partial charge >= 0.3 is 0 Å². The fourth-order valence-electron chi connectivity index (χ4n) is 2.97. The van der Waals surface area contributed by atoms with Crippen LogP contribution in [0.5, 0.6) is 0 Å². The van der Waals surface area contributed by atoms with Gasteiger partial charge in [0.1, 0.15) is 0 Å². The average Bonchev–Trinajstić information content (AvgIpc) is 3.03. The molecule has 2 rings (SSSR count). The van der Waals surface area contributed by atoms with E-state index in [-0.39, 0.29) is 11.2 Å². The SMILES string of the molecule is Bc1c(CN2CC(S(C)(=O)=O)C2)nnn1CCOCCOCCOCCNC(=O)C(=C)C. The first kappa shape index (κ1) is 26.5. The molecule has 0 aliphatic carbocycles. The number of carbonyl (C=O) groups is 1. The van der Waals surface area contributed by atoms with Crippen LogP contribution in [0, 0.1) is 0 Å². The highest BCUT2D eigenvalue weighted by molar-refractivity contribution is 7.91. The van der Waals surface area contributed by atoms with Gasteiger partial charge < -0.3 is 19.5 Å². The minimum atomic E-state index is -2.96. The van der Waals surface area contributed by atoms with Crippen LogP contribution in [0.2, 0.25) is 0 Å². The highest BCUT2D eigenvalue weighted by Crippen LogP contribution is 2.17. The zero-order valence-electron chi connectivity index (χ0n) is 19.2. The second kappa shape index (κ2) is 13.0.